The maximum absolute atomic E-state index is 5.79. The van der Waals surface area contributed by atoms with E-state index < -0.39 is 0 Å². The Morgan fingerprint density at radius 2 is 2.31 bits per heavy atom. The molecule has 1 aromatic rings. The summed E-state index contributed by atoms with van der Waals surface area (Å²) >= 11 is 7.39. The fourth-order valence-corrected chi connectivity index (χ4v) is 1.89. The summed E-state index contributed by atoms with van der Waals surface area (Å²) in [6.45, 7) is 5.18. The fourth-order valence-electron chi connectivity index (χ4n) is 0.897. The van der Waals surface area contributed by atoms with E-state index in [0.29, 0.717) is 6.04 Å². The molecule has 72 valence electrons. The van der Waals surface area contributed by atoms with Gasteiger partial charge in [0.05, 0.1) is 4.34 Å². The minimum absolute atomic E-state index is 0.538. The van der Waals surface area contributed by atoms with E-state index in [2.05, 4.69) is 31.3 Å². The molecule has 0 aromatic carbocycles. The number of nitrogens with one attached hydrogen (secondary N) is 1. The Morgan fingerprint density at radius 3 is 2.85 bits per heavy atom. The topological polar surface area (TPSA) is 12.0 Å². The lowest BCUT2D eigenvalue weighted by molar-refractivity contribution is 0.633. The minimum Gasteiger partial charge on any atom is -0.311 e. The van der Waals surface area contributed by atoms with Gasteiger partial charge in [-0.05, 0) is 18.2 Å². The molecule has 0 aliphatic rings. The van der Waals surface area contributed by atoms with E-state index in [-0.39, 0.29) is 0 Å². The molecule has 0 saturated heterocycles. The van der Waals surface area contributed by atoms with Gasteiger partial charge in [0.1, 0.15) is 0 Å². The van der Waals surface area contributed by atoms with E-state index in [1.54, 1.807) is 11.3 Å². The summed E-state index contributed by atoms with van der Waals surface area (Å²) in [6.07, 6.45) is 4.20. The molecular weight excluding hydrogens is 202 g/mol. The van der Waals surface area contributed by atoms with Crippen LogP contribution in [0.25, 0.3) is 6.08 Å². The van der Waals surface area contributed by atoms with Crippen LogP contribution in [-0.4, -0.2) is 12.6 Å². The molecule has 1 nitrogen and oxygen atoms in total. The van der Waals surface area contributed by atoms with Crippen molar-refractivity contribution in [2.75, 3.05) is 6.54 Å². The van der Waals surface area contributed by atoms with Gasteiger partial charge in [-0.3, -0.25) is 0 Å². The summed E-state index contributed by atoms with van der Waals surface area (Å²) in [5.74, 6) is 0. The Labute approximate surface area is 88.4 Å². The zero-order valence-electron chi connectivity index (χ0n) is 7.88. The highest BCUT2D eigenvalue weighted by molar-refractivity contribution is 7.16. The standard InChI is InChI=1S/C10H14ClNS/c1-8(2)12-7-3-4-9-5-6-10(11)13-9/h3-6,8,12H,7H2,1-2H3. The summed E-state index contributed by atoms with van der Waals surface area (Å²) in [4.78, 5) is 1.20. The second kappa shape index (κ2) is 5.43. The molecule has 0 spiro atoms. The summed E-state index contributed by atoms with van der Waals surface area (Å²) in [7, 11) is 0. The van der Waals surface area contributed by atoms with Gasteiger partial charge < -0.3 is 5.32 Å². The maximum Gasteiger partial charge on any atom is 0.0934 e. The van der Waals surface area contributed by atoms with E-state index >= 15 is 0 Å². The highest BCUT2D eigenvalue weighted by Crippen LogP contribution is 2.22. The Kier molecular flexibility index (Phi) is 4.50. The van der Waals surface area contributed by atoms with Crippen LogP contribution in [0.15, 0.2) is 18.2 Å². The number of hydrogen-bond acceptors (Lipinski definition) is 2. The molecule has 0 aliphatic carbocycles. The highest BCUT2D eigenvalue weighted by Gasteiger charge is 1.92. The van der Waals surface area contributed by atoms with Crippen LogP contribution in [0.4, 0.5) is 0 Å². The molecule has 1 aromatic heterocycles. The minimum atomic E-state index is 0.538. The Bertz CT molecular complexity index is 278. The number of rotatable bonds is 4. The normalized spacial score (nSPS) is 11.7. The molecule has 0 radical (unpaired) electrons. The van der Waals surface area contributed by atoms with E-state index in [4.69, 9.17) is 11.6 Å². The van der Waals surface area contributed by atoms with Crippen molar-refractivity contribution in [2.24, 2.45) is 0 Å². The first-order chi connectivity index (χ1) is 6.18. The predicted octanol–water partition coefficient (Wildman–Crippen LogP) is 3.41. The Hall–Kier alpha value is -0.310. The highest BCUT2D eigenvalue weighted by atomic mass is 35.5. The summed E-state index contributed by atoms with van der Waals surface area (Å²) in [5.41, 5.74) is 0. The number of thiophene rings is 1. The maximum atomic E-state index is 5.79. The fraction of sp³-hybridized carbons (Fsp3) is 0.400. The quantitative estimate of drug-likeness (QED) is 0.812. The molecular formula is C10H14ClNS. The van der Waals surface area contributed by atoms with Crippen LogP contribution in [-0.2, 0) is 0 Å². The summed E-state index contributed by atoms with van der Waals surface area (Å²) in [5, 5.41) is 3.31. The van der Waals surface area contributed by atoms with Crippen molar-refractivity contribution in [3.63, 3.8) is 0 Å². The van der Waals surface area contributed by atoms with Crippen LogP contribution in [0.1, 0.15) is 18.7 Å². The van der Waals surface area contributed by atoms with Crippen LogP contribution < -0.4 is 5.32 Å². The third-order valence-corrected chi connectivity index (χ3v) is 2.72. The monoisotopic (exact) mass is 215 g/mol. The first-order valence-corrected chi connectivity index (χ1v) is 5.53. The van der Waals surface area contributed by atoms with Crippen LogP contribution >= 0.6 is 22.9 Å². The van der Waals surface area contributed by atoms with Gasteiger partial charge in [0.2, 0.25) is 0 Å². The molecule has 3 heteroatoms. The SMILES string of the molecule is CC(C)NCC=Cc1ccc(Cl)s1. The summed E-state index contributed by atoms with van der Waals surface area (Å²) < 4.78 is 0.844. The van der Waals surface area contributed by atoms with Crippen molar-refractivity contribution in [2.45, 2.75) is 19.9 Å². The van der Waals surface area contributed by atoms with E-state index in [0.717, 1.165) is 10.9 Å². The third kappa shape index (κ3) is 4.46. The lowest BCUT2D eigenvalue weighted by Gasteiger charge is -2.02. The van der Waals surface area contributed by atoms with Gasteiger partial charge >= 0.3 is 0 Å². The molecule has 1 N–H and O–H groups in total. The van der Waals surface area contributed by atoms with Crippen LogP contribution in [0.5, 0.6) is 0 Å². The van der Waals surface area contributed by atoms with Crippen LogP contribution in [0.2, 0.25) is 4.34 Å². The zero-order valence-corrected chi connectivity index (χ0v) is 9.45. The van der Waals surface area contributed by atoms with Gasteiger partial charge in [0, 0.05) is 17.5 Å². The van der Waals surface area contributed by atoms with Gasteiger partial charge in [-0.25, -0.2) is 0 Å². The second-order valence-electron chi connectivity index (χ2n) is 3.11. The van der Waals surface area contributed by atoms with Crippen LogP contribution in [0, 0.1) is 0 Å². The van der Waals surface area contributed by atoms with Crippen molar-refractivity contribution in [1.82, 2.24) is 5.32 Å². The van der Waals surface area contributed by atoms with E-state index in [1.807, 2.05) is 12.1 Å². The third-order valence-electron chi connectivity index (χ3n) is 1.52. The molecule has 0 unspecified atom stereocenters. The van der Waals surface area contributed by atoms with Crippen molar-refractivity contribution in [1.29, 1.82) is 0 Å². The van der Waals surface area contributed by atoms with Crippen molar-refractivity contribution in [3.05, 3.63) is 27.4 Å². The molecule has 0 amide bonds. The molecule has 13 heavy (non-hydrogen) atoms. The molecule has 0 saturated carbocycles. The predicted molar refractivity (Wildman–Crippen MR) is 61.5 cm³/mol. The number of hydrogen-bond donors (Lipinski definition) is 1. The molecule has 0 aliphatic heterocycles. The zero-order chi connectivity index (χ0) is 9.68. The summed E-state index contributed by atoms with van der Waals surface area (Å²) in [6, 6.07) is 4.48. The first-order valence-electron chi connectivity index (χ1n) is 4.34. The second-order valence-corrected chi connectivity index (χ2v) is 4.85. The first kappa shape index (κ1) is 10.8. The van der Waals surface area contributed by atoms with Gasteiger partial charge in [0.15, 0.2) is 0 Å². The molecule has 0 atom stereocenters. The average molecular weight is 216 g/mol. The van der Waals surface area contributed by atoms with Gasteiger partial charge in [-0.1, -0.05) is 31.5 Å². The van der Waals surface area contributed by atoms with Crippen molar-refractivity contribution in [3.8, 4) is 0 Å². The van der Waals surface area contributed by atoms with Crippen molar-refractivity contribution >= 4 is 29.0 Å². The largest absolute Gasteiger partial charge is 0.311 e. The van der Waals surface area contributed by atoms with E-state index in [9.17, 15) is 0 Å². The molecule has 1 rings (SSSR count). The lowest BCUT2D eigenvalue weighted by Crippen LogP contribution is -2.22. The van der Waals surface area contributed by atoms with Gasteiger partial charge in [0.25, 0.3) is 0 Å². The molecule has 0 bridgehead atoms. The van der Waals surface area contributed by atoms with E-state index in [1.165, 1.54) is 4.88 Å². The average Bonchev–Trinajstić information content (AvgIpc) is 2.45. The smallest absolute Gasteiger partial charge is 0.0934 e. The molecule has 1 heterocycles. The Morgan fingerprint density at radius 1 is 1.54 bits per heavy atom. The number of halogens is 1. The Balaban J connectivity index is 2.32. The van der Waals surface area contributed by atoms with Crippen molar-refractivity contribution < 1.29 is 0 Å². The lowest BCUT2D eigenvalue weighted by atomic mass is 10.3. The van der Waals surface area contributed by atoms with Gasteiger partial charge in [-0.15, -0.1) is 11.3 Å². The van der Waals surface area contributed by atoms with Crippen LogP contribution in [0.3, 0.4) is 0 Å². The van der Waals surface area contributed by atoms with Gasteiger partial charge in [-0.2, -0.15) is 0 Å². The molecule has 0 fully saturated rings.